The van der Waals surface area contributed by atoms with Crippen molar-refractivity contribution in [2.24, 2.45) is 0 Å². The van der Waals surface area contributed by atoms with Gasteiger partial charge >= 0.3 is 5.97 Å². The number of rotatable bonds is 0. The topological polar surface area (TPSA) is 38.8 Å². The van der Waals surface area contributed by atoms with Crippen LogP contribution in [0.3, 0.4) is 0 Å². The van der Waals surface area contributed by atoms with E-state index in [1.807, 2.05) is 6.92 Å². The van der Waals surface area contributed by atoms with Crippen LogP contribution in [0.2, 0.25) is 0 Å². The van der Waals surface area contributed by atoms with Gasteiger partial charge in [-0.3, -0.25) is 0 Å². The van der Waals surface area contributed by atoms with Crippen molar-refractivity contribution in [3.8, 4) is 0 Å². The second-order valence-electron chi connectivity index (χ2n) is 7.54. The van der Waals surface area contributed by atoms with Crippen LogP contribution in [0.5, 0.6) is 0 Å². The average Bonchev–Trinajstić information content (AvgIpc) is 3.06. The molecule has 0 bridgehead atoms. The normalized spacial score (nSPS) is 40.1. The number of hydrogen-bond acceptors (Lipinski definition) is 3. The van der Waals surface area contributed by atoms with Gasteiger partial charge in [-0.2, -0.15) is 0 Å². The average molecular weight is 316 g/mol. The lowest BCUT2D eigenvalue weighted by atomic mass is 9.93. The Bertz CT molecular complexity index is 596. The molecule has 0 aromatic carbocycles. The van der Waals surface area contributed by atoms with E-state index >= 15 is 0 Å². The minimum absolute atomic E-state index is 0.0721. The summed E-state index contributed by atoms with van der Waals surface area (Å²) < 4.78 is 11.5. The molecule has 3 atom stereocenters. The monoisotopic (exact) mass is 316 g/mol. The van der Waals surface area contributed by atoms with Crippen molar-refractivity contribution in [3.05, 3.63) is 34.4 Å². The van der Waals surface area contributed by atoms with Crippen molar-refractivity contribution in [1.82, 2.24) is 0 Å². The van der Waals surface area contributed by atoms with Gasteiger partial charge in [0.1, 0.15) is 6.10 Å². The van der Waals surface area contributed by atoms with Gasteiger partial charge in [0.05, 0.1) is 11.7 Å². The zero-order valence-electron chi connectivity index (χ0n) is 14.8. The number of allylic oxidation sites excluding steroid dienone is 3. The summed E-state index contributed by atoms with van der Waals surface area (Å²) in [6.07, 6.45) is 10.8. The van der Waals surface area contributed by atoms with Crippen molar-refractivity contribution in [1.29, 1.82) is 0 Å². The molecule has 0 saturated carbocycles. The first-order valence-electron chi connectivity index (χ1n) is 8.80. The Morgan fingerprint density at radius 1 is 1.13 bits per heavy atom. The minimum Gasteiger partial charge on any atom is -0.450 e. The van der Waals surface area contributed by atoms with Gasteiger partial charge in [-0.1, -0.05) is 17.2 Å². The van der Waals surface area contributed by atoms with E-state index in [2.05, 4.69) is 32.9 Å². The van der Waals surface area contributed by atoms with Crippen molar-refractivity contribution in [3.63, 3.8) is 0 Å². The summed E-state index contributed by atoms with van der Waals surface area (Å²) in [7, 11) is 0. The lowest BCUT2D eigenvalue weighted by Crippen LogP contribution is -2.11. The van der Waals surface area contributed by atoms with Crippen molar-refractivity contribution >= 4 is 5.97 Å². The van der Waals surface area contributed by atoms with E-state index in [4.69, 9.17) is 9.47 Å². The fourth-order valence-corrected chi connectivity index (χ4v) is 3.70. The van der Waals surface area contributed by atoms with Gasteiger partial charge in [-0.25, -0.2) is 4.79 Å². The number of hydrogen-bond donors (Lipinski definition) is 0. The van der Waals surface area contributed by atoms with E-state index in [1.165, 1.54) is 11.1 Å². The lowest BCUT2D eigenvalue weighted by Gasteiger charge is -2.13. The number of fused-ring (bicyclic) bond motifs is 2. The predicted molar refractivity (Wildman–Crippen MR) is 91.1 cm³/mol. The number of carbonyl (C=O) groups is 1. The first-order chi connectivity index (χ1) is 10.9. The van der Waals surface area contributed by atoms with Crippen LogP contribution in [0.15, 0.2) is 34.4 Å². The smallest absolute Gasteiger partial charge is 0.334 e. The molecule has 0 aromatic heterocycles. The summed E-state index contributed by atoms with van der Waals surface area (Å²) in [6.45, 7) is 8.44. The molecule has 3 nitrogen and oxygen atoms in total. The van der Waals surface area contributed by atoms with Crippen LogP contribution in [-0.4, -0.2) is 23.8 Å². The van der Waals surface area contributed by atoms with Crippen LogP contribution in [0.4, 0.5) is 0 Å². The Hall–Kier alpha value is -1.35. The first kappa shape index (κ1) is 16.5. The van der Waals surface area contributed by atoms with E-state index in [0.717, 1.165) is 49.7 Å². The van der Waals surface area contributed by atoms with Gasteiger partial charge in [0.15, 0.2) is 0 Å². The van der Waals surface area contributed by atoms with Crippen LogP contribution in [0, 0.1) is 0 Å². The van der Waals surface area contributed by atoms with E-state index in [0.29, 0.717) is 6.10 Å². The number of ether oxygens (including phenoxy) is 2. The van der Waals surface area contributed by atoms with Crippen molar-refractivity contribution in [2.45, 2.75) is 84.0 Å². The Morgan fingerprint density at radius 3 is 2.70 bits per heavy atom. The first-order valence-corrected chi connectivity index (χ1v) is 8.80. The quantitative estimate of drug-likeness (QED) is 0.371. The molecule has 126 valence electrons. The number of esters is 1. The molecular formula is C20H28O3. The van der Waals surface area contributed by atoms with E-state index in [1.54, 1.807) is 0 Å². The molecule has 0 spiro atoms. The largest absolute Gasteiger partial charge is 0.450 e. The zero-order valence-corrected chi connectivity index (χ0v) is 14.8. The summed E-state index contributed by atoms with van der Waals surface area (Å²) in [5.74, 6) is -0.155. The van der Waals surface area contributed by atoms with E-state index in [9.17, 15) is 4.79 Å². The minimum atomic E-state index is -0.162. The molecule has 0 N–H and O–H groups in total. The van der Waals surface area contributed by atoms with Crippen LogP contribution in [0.1, 0.15) is 66.2 Å². The molecule has 2 heterocycles. The summed E-state index contributed by atoms with van der Waals surface area (Å²) >= 11 is 0. The number of carbonyl (C=O) groups excluding carboxylic acids is 1. The third kappa shape index (κ3) is 3.60. The highest BCUT2D eigenvalue weighted by Gasteiger charge is 2.50. The molecular weight excluding hydrogens is 288 g/mol. The molecule has 23 heavy (non-hydrogen) atoms. The van der Waals surface area contributed by atoms with Crippen molar-refractivity contribution < 1.29 is 14.3 Å². The Labute approximate surface area is 139 Å². The second-order valence-corrected chi connectivity index (χ2v) is 7.54. The van der Waals surface area contributed by atoms with Crippen LogP contribution in [-0.2, 0) is 14.3 Å². The lowest BCUT2D eigenvalue weighted by molar-refractivity contribution is -0.138. The fraction of sp³-hybridized carbons (Fsp3) is 0.650. The summed E-state index contributed by atoms with van der Waals surface area (Å²) in [5, 5.41) is 0. The maximum Gasteiger partial charge on any atom is 0.334 e. The third-order valence-electron chi connectivity index (χ3n) is 5.56. The molecule has 2 aliphatic heterocycles. The van der Waals surface area contributed by atoms with E-state index in [-0.39, 0.29) is 17.7 Å². The summed E-state index contributed by atoms with van der Waals surface area (Å²) in [5.41, 5.74) is 4.71. The van der Waals surface area contributed by atoms with Crippen molar-refractivity contribution in [2.75, 3.05) is 0 Å². The maximum absolute atomic E-state index is 11.9. The fourth-order valence-electron chi connectivity index (χ4n) is 3.70. The standard InChI is InChI=1S/C20H28O3/c1-13-6-5-11-20(4)18(23-20)10-8-14(2)12-17-16(9-7-13)15(3)19(21)22-17/h6,12,17-18H,5,7-11H2,1-4H3/b13-6+,14-12+/t17-,18?,20-/m0/s1. The highest BCUT2D eigenvalue weighted by Crippen LogP contribution is 2.44. The summed E-state index contributed by atoms with van der Waals surface area (Å²) in [6, 6.07) is 0. The second kappa shape index (κ2) is 6.27. The molecule has 3 heteroatoms. The Morgan fingerprint density at radius 2 is 1.91 bits per heavy atom. The van der Waals surface area contributed by atoms with Crippen LogP contribution in [0.25, 0.3) is 0 Å². The molecule has 1 fully saturated rings. The third-order valence-corrected chi connectivity index (χ3v) is 5.56. The van der Waals surface area contributed by atoms with E-state index < -0.39 is 0 Å². The van der Waals surface area contributed by atoms with Gasteiger partial charge in [-0.15, -0.1) is 0 Å². The highest BCUT2D eigenvalue weighted by molar-refractivity contribution is 5.92. The Kier molecular flexibility index (Phi) is 4.50. The van der Waals surface area contributed by atoms with Gasteiger partial charge in [-0.05, 0) is 77.9 Å². The predicted octanol–water partition coefficient (Wildman–Crippen LogP) is 4.63. The van der Waals surface area contributed by atoms with Crippen LogP contribution < -0.4 is 0 Å². The molecule has 0 radical (unpaired) electrons. The molecule has 0 amide bonds. The van der Waals surface area contributed by atoms with Gasteiger partial charge in [0.25, 0.3) is 0 Å². The van der Waals surface area contributed by atoms with Gasteiger partial charge < -0.3 is 9.47 Å². The molecule has 3 aliphatic rings. The summed E-state index contributed by atoms with van der Waals surface area (Å²) in [4.78, 5) is 11.9. The molecule has 3 rings (SSSR count). The SMILES string of the molecule is CC1=C2CC/C(C)=C/CC[C@]3(C)OC3CC/C(C)=C/[C@@H]2OC1=O. The van der Waals surface area contributed by atoms with Gasteiger partial charge in [0, 0.05) is 5.57 Å². The maximum atomic E-state index is 11.9. The van der Waals surface area contributed by atoms with Crippen LogP contribution >= 0.6 is 0 Å². The Balaban J connectivity index is 1.80. The molecule has 1 saturated heterocycles. The van der Waals surface area contributed by atoms with Gasteiger partial charge in [0.2, 0.25) is 0 Å². The molecule has 1 unspecified atom stereocenters. The molecule has 1 aliphatic carbocycles. The molecule has 0 aromatic rings. The highest BCUT2D eigenvalue weighted by atomic mass is 16.6. The number of epoxide rings is 1. The zero-order chi connectivity index (χ0) is 16.6.